The number of benzene rings is 1. The summed E-state index contributed by atoms with van der Waals surface area (Å²) in [4.78, 5) is 34.4. The van der Waals surface area contributed by atoms with Gasteiger partial charge in [-0.15, -0.1) is 0 Å². The van der Waals surface area contributed by atoms with Crippen molar-refractivity contribution in [3.8, 4) is 5.75 Å². The molecule has 0 fully saturated rings. The molecule has 2 aromatic rings. The van der Waals surface area contributed by atoms with Crippen molar-refractivity contribution in [1.29, 1.82) is 0 Å². The SMILES string of the molecule is CC(NC(=O)c1ccoc1)C(=O)NCc1ccc(OCCCC(=O)O)cc1. The van der Waals surface area contributed by atoms with Crippen LogP contribution in [0.25, 0.3) is 0 Å². The summed E-state index contributed by atoms with van der Waals surface area (Å²) < 4.78 is 10.3. The van der Waals surface area contributed by atoms with Crippen molar-refractivity contribution >= 4 is 17.8 Å². The molecule has 1 aromatic carbocycles. The molecule has 0 aliphatic rings. The zero-order chi connectivity index (χ0) is 19.6. The third kappa shape index (κ3) is 6.85. The van der Waals surface area contributed by atoms with E-state index in [0.717, 1.165) is 5.56 Å². The second-order valence-electron chi connectivity index (χ2n) is 5.91. The number of carbonyl (C=O) groups excluding carboxylic acids is 2. The highest BCUT2D eigenvalue weighted by molar-refractivity contribution is 5.97. The van der Waals surface area contributed by atoms with Crippen molar-refractivity contribution in [2.75, 3.05) is 6.61 Å². The maximum atomic E-state index is 12.1. The number of ether oxygens (including phenoxy) is 1. The van der Waals surface area contributed by atoms with Crippen LogP contribution in [0, 0.1) is 0 Å². The molecule has 3 N–H and O–H groups in total. The first-order valence-electron chi connectivity index (χ1n) is 8.50. The molecular weight excluding hydrogens is 352 g/mol. The minimum Gasteiger partial charge on any atom is -0.494 e. The highest BCUT2D eigenvalue weighted by Gasteiger charge is 2.16. The fourth-order valence-electron chi connectivity index (χ4n) is 2.20. The predicted octanol–water partition coefficient (Wildman–Crippen LogP) is 1.96. The Labute approximate surface area is 156 Å². The van der Waals surface area contributed by atoms with E-state index in [2.05, 4.69) is 10.6 Å². The van der Waals surface area contributed by atoms with E-state index < -0.39 is 12.0 Å². The summed E-state index contributed by atoms with van der Waals surface area (Å²) in [5, 5.41) is 13.9. The Kier molecular flexibility index (Phi) is 7.42. The highest BCUT2D eigenvalue weighted by atomic mass is 16.5. The Morgan fingerprint density at radius 1 is 1.19 bits per heavy atom. The van der Waals surface area contributed by atoms with Crippen LogP contribution >= 0.6 is 0 Å². The summed E-state index contributed by atoms with van der Waals surface area (Å²) in [5.74, 6) is -0.896. The van der Waals surface area contributed by atoms with Crippen LogP contribution in [0.15, 0.2) is 47.3 Å². The topological polar surface area (TPSA) is 118 Å². The number of hydrogen-bond donors (Lipinski definition) is 3. The molecule has 0 spiro atoms. The van der Waals surface area contributed by atoms with Crippen LogP contribution in [-0.4, -0.2) is 35.5 Å². The Hall–Kier alpha value is -3.29. The molecule has 0 aliphatic carbocycles. The quantitative estimate of drug-likeness (QED) is 0.547. The largest absolute Gasteiger partial charge is 0.494 e. The van der Waals surface area contributed by atoms with Gasteiger partial charge in [0.25, 0.3) is 5.91 Å². The molecule has 144 valence electrons. The third-order valence-corrected chi connectivity index (χ3v) is 3.72. The first kappa shape index (κ1) is 20.0. The van der Waals surface area contributed by atoms with Gasteiger partial charge in [-0.05, 0) is 37.1 Å². The number of carbonyl (C=O) groups is 3. The molecule has 27 heavy (non-hydrogen) atoms. The molecular formula is C19H22N2O6. The van der Waals surface area contributed by atoms with Gasteiger partial charge in [-0.3, -0.25) is 14.4 Å². The van der Waals surface area contributed by atoms with Gasteiger partial charge >= 0.3 is 5.97 Å². The molecule has 0 radical (unpaired) electrons. The van der Waals surface area contributed by atoms with Crippen LogP contribution in [-0.2, 0) is 16.1 Å². The van der Waals surface area contributed by atoms with E-state index in [1.807, 2.05) is 12.1 Å². The maximum absolute atomic E-state index is 12.1. The molecule has 0 saturated carbocycles. The average Bonchev–Trinajstić information content (AvgIpc) is 3.19. The molecule has 1 aromatic heterocycles. The Morgan fingerprint density at radius 3 is 2.56 bits per heavy atom. The normalized spacial score (nSPS) is 11.4. The fraction of sp³-hybridized carbons (Fsp3) is 0.316. The van der Waals surface area contributed by atoms with Gasteiger partial charge in [-0.1, -0.05) is 12.1 Å². The van der Waals surface area contributed by atoms with Gasteiger partial charge in [0, 0.05) is 13.0 Å². The molecule has 8 heteroatoms. The van der Waals surface area contributed by atoms with Crippen LogP contribution in [0.2, 0.25) is 0 Å². The molecule has 1 heterocycles. The zero-order valence-electron chi connectivity index (χ0n) is 14.9. The number of nitrogens with one attached hydrogen (secondary N) is 2. The maximum Gasteiger partial charge on any atom is 0.303 e. The molecule has 8 nitrogen and oxygen atoms in total. The smallest absolute Gasteiger partial charge is 0.303 e. The van der Waals surface area contributed by atoms with Crippen LogP contribution < -0.4 is 15.4 Å². The monoisotopic (exact) mass is 374 g/mol. The molecule has 1 unspecified atom stereocenters. The first-order valence-corrected chi connectivity index (χ1v) is 8.50. The minimum atomic E-state index is -0.847. The Bertz CT molecular complexity index is 755. The highest BCUT2D eigenvalue weighted by Crippen LogP contribution is 2.12. The van der Waals surface area contributed by atoms with Gasteiger partial charge < -0.3 is 24.9 Å². The Balaban J connectivity index is 1.72. The standard InChI is InChI=1S/C19H22N2O6/c1-13(21-19(25)15-8-10-26-12-15)18(24)20-11-14-4-6-16(7-5-14)27-9-2-3-17(22)23/h4-8,10,12-13H,2-3,9,11H2,1H3,(H,20,24)(H,21,25)(H,22,23). The number of furan rings is 1. The van der Waals surface area contributed by atoms with E-state index in [1.54, 1.807) is 19.1 Å². The number of hydrogen-bond acceptors (Lipinski definition) is 5. The van der Waals surface area contributed by atoms with Crippen LogP contribution in [0.3, 0.4) is 0 Å². The van der Waals surface area contributed by atoms with E-state index in [1.165, 1.54) is 18.6 Å². The minimum absolute atomic E-state index is 0.0689. The van der Waals surface area contributed by atoms with Gasteiger partial charge in [0.1, 0.15) is 18.1 Å². The second kappa shape index (κ2) is 10.0. The van der Waals surface area contributed by atoms with Crippen molar-refractivity contribution in [1.82, 2.24) is 10.6 Å². The van der Waals surface area contributed by atoms with Crippen LogP contribution in [0.4, 0.5) is 0 Å². The van der Waals surface area contributed by atoms with Crippen molar-refractivity contribution < 1.29 is 28.6 Å². The van der Waals surface area contributed by atoms with Gasteiger partial charge in [0.2, 0.25) is 5.91 Å². The first-order chi connectivity index (χ1) is 13.0. The van der Waals surface area contributed by atoms with Crippen molar-refractivity contribution in [2.24, 2.45) is 0 Å². The van der Waals surface area contributed by atoms with E-state index >= 15 is 0 Å². The van der Waals surface area contributed by atoms with Crippen molar-refractivity contribution in [2.45, 2.75) is 32.4 Å². The Morgan fingerprint density at radius 2 is 1.93 bits per heavy atom. The molecule has 0 aliphatic heterocycles. The van der Waals surface area contributed by atoms with Gasteiger partial charge in [0.05, 0.1) is 18.4 Å². The lowest BCUT2D eigenvalue weighted by Gasteiger charge is -2.14. The van der Waals surface area contributed by atoms with Crippen molar-refractivity contribution in [3.63, 3.8) is 0 Å². The van der Waals surface area contributed by atoms with Gasteiger partial charge in [0.15, 0.2) is 0 Å². The fourth-order valence-corrected chi connectivity index (χ4v) is 2.20. The number of aliphatic carboxylic acids is 1. The number of carboxylic acids is 1. The lowest BCUT2D eigenvalue weighted by Crippen LogP contribution is -2.44. The molecule has 2 rings (SSSR count). The summed E-state index contributed by atoms with van der Waals surface area (Å²) in [5.41, 5.74) is 1.23. The third-order valence-electron chi connectivity index (χ3n) is 3.72. The van der Waals surface area contributed by atoms with Crippen molar-refractivity contribution in [3.05, 3.63) is 54.0 Å². The van der Waals surface area contributed by atoms with Gasteiger partial charge in [-0.25, -0.2) is 0 Å². The molecule has 0 saturated heterocycles. The second-order valence-corrected chi connectivity index (χ2v) is 5.91. The summed E-state index contributed by atoms with van der Waals surface area (Å²) in [7, 11) is 0. The van der Waals surface area contributed by atoms with Crippen LogP contribution in [0.1, 0.15) is 35.7 Å². The molecule has 1 atom stereocenters. The lowest BCUT2D eigenvalue weighted by molar-refractivity contribution is -0.137. The molecule has 2 amide bonds. The van der Waals surface area contributed by atoms with E-state index in [4.69, 9.17) is 14.3 Å². The zero-order valence-corrected chi connectivity index (χ0v) is 14.9. The summed E-state index contributed by atoms with van der Waals surface area (Å²) in [6.45, 7) is 2.24. The van der Waals surface area contributed by atoms with E-state index in [-0.39, 0.29) is 18.2 Å². The number of carboxylic acid groups (broad SMARTS) is 1. The number of amides is 2. The summed E-state index contributed by atoms with van der Waals surface area (Å²) in [6, 6.07) is 7.96. The van der Waals surface area contributed by atoms with E-state index in [0.29, 0.717) is 30.9 Å². The summed E-state index contributed by atoms with van der Waals surface area (Å²) in [6.07, 6.45) is 3.21. The lowest BCUT2D eigenvalue weighted by atomic mass is 10.2. The number of rotatable bonds is 10. The predicted molar refractivity (Wildman–Crippen MR) is 96.3 cm³/mol. The summed E-state index contributed by atoms with van der Waals surface area (Å²) >= 11 is 0. The van der Waals surface area contributed by atoms with Crippen LogP contribution in [0.5, 0.6) is 5.75 Å². The average molecular weight is 374 g/mol. The van der Waals surface area contributed by atoms with Gasteiger partial charge in [-0.2, -0.15) is 0 Å². The van der Waals surface area contributed by atoms with E-state index in [9.17, 15) is 14.4 Å². The molecule has 0 bridgehead atoms.